The maximum absolute atomic E-state index is 14.0. The molecule has 0 spiro atoms. The van der Waals surface area contributed by atoms with E-state index in [1.807, 2.05) is 0 Å². The molecule has 1 aromatic heterocycles. The van der Waals surface area contributed by atoms with Crippen molar-refractivity contribution in [2.75, 3.05) is 11.9 Å². The standard InChI is InChI=1S/C34H30ClF6N3O3/c1-18(2)26-13-22(34(39,40)41)14-27(20-4-9-30(44-16-20)32(47)42-11-10-31(45)46)28(26)17-43-23-6-8-25(29(35)15-23)24-7-5-21(12-19(24)3)33(36,37)38/h4-9,12-16,18,43H,10-11,17H2,1-3H3,(H,42,47)(H,45,46). The van der Waals surface area contributed by atoms with Gasteiger partial charge in [0.05, 0.1) is 22.6 Å². The lowest BCUT2D eigenvalue weighted by molar-refractivity contribution is -0.138. The molecule has 13 heteroatoms. The van der Waals surface area contributed by atoms with Gasteiger partial charge in [0.25, 0.3) is 5.91 Å². The number of hydrogen-bond donors (Lipinski definition) is 3. The number of rotatable bonds is 10. The summed E-state index contributed by atoms with van der Waals surface area (Å²) in [5, 5.41) is 14.7. The monoisotopic (exact) mass is 677 g/mol. The highest BCUT2D eigenvalue weighted by Gasteiger charge is 2.33. The number of benzene rings is 3. The first kappa shape index (κ1) is 35.3. The number of halogens is 7. The summed E-state index contributed by atoms with van der Waals surface area (Å²) in [6.07, 6.45) is -8.12. The van der Waals surface area contributed by atoms with Crippen LogP contribution >= 0.6 is 11.6 Å². The van der Waals surface area contributed by atoms with Crippen LogP contribution in [0.2, 0.25) is 5.02 Å². The van der Waals surface area contributed by atoms with E-state index in [1.165, 1.54) is 24.4 Å². The van der Waals surface area contributed by atoms with Gasteiger partial charge < -0.3 is 15.7 Å². The Kier molecular flexibility index (Phi) is 10.5. The van der Waals surface area contributed by atoms with Crippen molar-refractivity contribution in [1.82, 2.24) is 10.3 Å². The van der Waals surface area contributed by atoms with Crippen molar-refractivity contribution < 1.29 is 41.0 Å². The van der Waals surface area contributed by atoms with Gasteiger partial charge in [-0.05, 0) is 83.1 Å². The third-order valence-corrected chi connectivity index (χ3v) is 7.76. The minimum absolute atomic E-state index is 0.0344. The molecule has 3 aromatic carbocycles. The summed E-state index contributed by atoms with van der Waals surface area (Å²) in [4.78, 5) is 27.2. The lowest BCUT2D eigenvalue weighted by atomic mass is 9.88. The maximum atomic E-state index is 14.0. The summed E-state index contributed by atoms with van der Waals surface area (Å²) in [6.45, 7) is 5.05. The van der Waals surface area contributed by atoms with Crippen LogP contribution < -0.4 is 10.6 Å². The van der Waals surface area contributed by atoms with Crippen LogP contribution in [0.25, 0.3) is 22.3 Å². The number of carbonyl (C=O) groups excluding carboxylic acids is 1. The van der Waals surface area contributed by atoms with Gasteiger partial charge in [0.1, 0.15) is 5.69 Å². The molecular weight excluding hydrogens is 648 g/mol. The first-order valence-electron chi connectivity index (χ1n) is 14.4. The van der Waals surface area contributed by atoms with Gasteiger partial charge in [0.2, 0.25) is 0 Å². The Morgan fingerprint density at radius 2 is 1.55 bits per heavy atom. The first-order valence-corrected chi connectivity index (χ1v) is 14.8. The topological polar surface area (TPSA) is 91.3 Å². The SMILES string of the molecule is Cc1cc(C(F)(F)F)ccc1-c1ccc(NCc2c(-c3ccc(C(=O)NCCC(=O)O)nc3)cc(C(F)(F)F)cc2C(C)C)cc1Cl. The third kappa shape index (κ3) is 8.62. The average Bonchev–Trinajstić information content (AvgIpc) is 2.98. The molecule has 0 saturated carbocycles. The smallest absolute Gasteiger partial charge is 0.416 e. The van der Waals surface area contributed by atoms with Crippen molar-refractivity contribution in [3.8, 4) is 22.3 Å². The molecule has 1 amide bonds. The van der Waals surface area contributed by atoms with E-state index >= 15 is 0 Å². The van der Waals surface area contributed by atoms with Crippen molar-refractivity contribution in [3.05, 3.63) is 105 Å². The molecule has 0 bridgehead atoms. The number of aliphatic carboxylic acids is 1. The third-order valence-electron chi connectivity index (χ3n) is 7.45. The number of aromatic nitrogens is 1. The minimum atomic E-state index is -4.64. The van der Waals surface area contributed by atoms with Gasteiger partial charge in [-0.1, -0.05) is 43.6 Å². The van der Waals surface area contributed by atoms with E-state index in [0.29, 0.717) is 39.1 Å². The zero-order chi connectivity index (χ0) is 34.7. The Hall–Kier alpha value is -4.58. The van der Waals surface area contributed by atoms with E-state index in [9.17, 15) is 35.9 Å². The van der Waals surface area contributed by atoms with Gasteiger partial charge in [-0.15, -0.1) is 0 Å². The second-order valence-electron chi connectivity index (χ2n) is 11.2. The van der Waals surface area contributed by atoms with Crippen molar-refractivity contribution in [2.45, 2.75) is 52.0 Å². The summed E-state index contributed by atoms with van der Waals surface area (Å²) in [6, 6.07) is 13.3. The van der Waals surface area contributed by atoms with Crippen LogP contribution in [0.5, 0.6) is 0 Å². The van der Waals surface area contributed by atoms with Crippen LogP contribution in [0.1, 0.15) is 64.5 Å². The molecule has 3 N–H and O–H groups in total. The van der Waals surface area contributed by atoms with E-state index in [-0.39, 0.29) is 41.7 Å². The summed E-state index contributed by atoms with van der Waals surface area (Å²) in [5.41, 5.74) is 1.83. The fourth-order valence-corrected chi connectivity index (χ4v) is 5.35. The maximum Gasteiger partial charge on any atom is 0.416 e. The Morgan fingerprint density at radius 3 is 2.11 bits per heavy atom. The highest BCUT2D eigenvalue weighted by molar-refractivity contribution is 6.33. The number of carboxylic acid groups (broad SMARTS) is 1. The Morgan fingerprint density at radius 1 is 0.872 bits per heavy atom. The molecule has 0 saturated heterocycles. The first-order chi connectivity index (χ1) is 22.0. The lowest BCUT2D eigenvalue weighted by Crippen LogP contribution is -2.26. The second-order valence-corrected chi connectivity index (χ2v) is 11.6. The summed E-state index contributed by atoms with van der Waals surface area (Å²) >= 11 is 6.56. The predicted octanol–water partition coefficient (Wildman–Crippen LogP) is 9.36. The number of anilines is 1. The highest BCUT2D eigenvalue weighted by Crippen LogP contribution is 2.40. The highest BCUT2D eigenvalue weighted by atomic mass is 35.5. The van der Waals surface area contributed by atoms with Gasteiger partial charge in [-0.25, -0.2) is 0 Å². The van der Waals surface area contributed by atoms with Crippen LogP contribution in [0.15, 0.2) is 66.9 Å². The summed E-state index contributed by atoms with van der Waals surface area (Å²) in [7, 11) is 0. The number of hydrogen-bond acceptors (Lipinski definition) is 4. The Bertz CT molecular complexity index is 1790. The molecule has 6 nitrogen and oxygen atoms in total. The Balaban J connectivity index is 1.67. The molecule has 0 aliphatic carbocycles. The molecule has 4 rings (SSSR count). The van der Waals surface area contributed by atoms with Crippen LogP contribution in [0, 0.1) is 6.92 Å². The quantitative estimate of drug-likeness (QED) is 0.146. The van der Waals surface area contributed by atoms with E-state index < -0.39 is 35.4 Å². The van der Waals surface area contributed by atoms with E-state index in [1.54, 1.807) is 39.0 Å². The van der Waals surface area contributed by atoms with E-state index in [4.69, 9.17) is 16.7 Å². The zero-order valence-electron chi connectivity index (χ0n) is 25.4. The van der Waals surface area contributed by atoms with Crippen LogP contribution in [0.4, 0.5) is 32.0 Å². The van der Waals surface area contributed by atoms with Gasteiger partial charge in [-0.2, -0.15) is 26.3 Å². The average molecular weight is 678 g/mol. The van der Waals surface area contributed by atoms with Crippen LogP contribution in [0.3, 0.4) is 0 Å². The molecule has 0 unspecified atom stereocenters. The number of nitrogens with one attached hydrogen (secondary N) is 2. The fraction of sp³-hybridized carbons (Fsp3) is 0.265. The lowest BCUT2D eigenvalue weighted by Gasteiger charge is -2.22. The predicted molar refractivity (Wildman–Crippen MR) is 167 cm³/mol. The van der Waals surface area contributed by atoms with Gasteiger partial charge in [0.15, 0.2) is 0 Å². The second kappa shape index (κ2) is 14.0. The largest absolute Gasteiger partial charge is 0.481 e. The van der Waals surface area contributed by atoms with Crippen molar-refractivity contribution in [2.24, 2.45) is 0 Å². The van der Waals surface area contributed by atoms with E-state index in [0.717, 1.165) is 24.3 Å². The van der Waals surface area contributed by atoms with Gasteiger partial charge in [0, 0.05) is 36.1 Å². The van der Waals surface area contributed by atoms with Crippen LogP contribution in [-0.4, -0.2) is 28.5 Å². The fourth-order valence-electron chi connectivity index (χ4n) is 5.07. The minimum Gasteiger partial charge on any atom is -0.481 e. The summed E-state index contributed by atoms with van der Waals surface area (Å²) < 4.78 is 81.4. The number of aryl methyl sites for hydroxylation is 1. The normalized spacial score (nSPS) is 11.9. The zero-order valence-corrected chi connectivity index (χ0v) is 26.2. The number of amides is 1. The number of carboxylic acids is 1. The van der Waals surface area contributed by atoms with Crippen molar-refractivity contribution >= 4 is 29.2 Å². The number of carbonyl (C=O) groups is 2. The molecule has 0 atom stereocenters. The molecular formula is C34H30ClF6N3O3. The molecule has 0 radical (unpaired) electrons. The summed E-state index contributed by atoms with van der Waals surface area (Å²) in [5.74, 6) is -2.03. The van der Waals surface area contributed by atoms with E-state index in [2.05, 4.69) is 15.6 Å². The molecule has 0 aliphatic heterocycles. The molecule has 47 heavy (non-hydrogen) atoms. The van der Waals surface area contributed by atoms with Gasteiger partial charge in [-0.3, -0.25) is 14.6 Å². The molecule has 248 valence electrons. The number of pyridine rings is 1. The van der Waals surface area contributed by atoms with Crippen molar-refractivity contribution in [3.63, 3.8) is 0 Å². The number of alkyl halides is 6. The van der Waals surface area contributed by atoms with Crippen LogP contribution in [-0.2, 0) is 23.7 Å². The van der Waals surface area contributed by atoms with Gasteiger partial charge >= 0.3 is 18.3 Å². The molecule has 0 fully saturated rings. The number of nitrogens with zero attached hydrogens (tertiary/aromatic N) is 1. The van der Waals surface area contributed by atoms with Crippen molar-refractivity contribution in [1.29, 1.82) is 0 Å². The molecule has 0 aliphatic rings. The molecule has 1 heterocycles. The molecule has 4 aromatic rings. The Labute approximate surface area is 271 Å².